The first kappa shape index (κ1) is 16.6. The molecule has 0 bridgehead atoms. The minimum absolute atomic E-state index is 0.0695. The highest BCUT2D eigenvalue weighted by Gasteiger charge is 2.15. The van der Waals surface area contributed by atoms with Gasteiger partial charge in [0.05, 0.1) is 26.9 Å². The number of carbonyl (C=O) groups is 1. The van der Waals surface area contributed by atoms with Gasteiger partial charge in [0, 0.05) is 17.8 Å². The SMILES string of the molecule is COc1ccc(C(=O)Nc2cc(OC)c(OC)cc2C)c(F)c1. The molecule has 0 unspecified atom stereocenters. The van der Waals surface area contributed by atoms with Gasteiger partial charge in [0.15, 0.2) is 11.5 Å². The van der Waals surface area contributed by atoms with E-state index in [0.717, 1.165) is 11.6 Å². The minimum Gasteiger partial charge on any atom is -0.497 e. The van der Waals surface area contributed by atoms with Crippen LogP contribution in [0, 0.1) is 12.7 Å². The molecule has 2 rings (SSSR count). The zero-order valence-corrected chi connectivity index (χ0v) is 13.4. The van der Waals surface area contributed by atoms with Gasteiger partial charge in [-0.1, -0.05) is 0 Å². The van der Waals surface area contributed by atoms with Crippen molar-refractivity contribution in [2.24, 2.45) is 0 Å². The lowest BCUT2D eigenvalue weighted by Crippen LogP contribution is -2.14. The Morgan fingerprint density at radius 2 is 1.65 bits per heavy atom. The summed E-state index contributed by atoms with van der Waals surface area (Å²) < 4.78 is 29.3. The molecule has 0 aliphatic rings. The molecule has 1 N–H and O–H groups in total. The third-order valence-electron chi connectivity index (χ3n) is 3.40. The summed E-state index contributed by atoms with van der Waals surface area (Å²) in [4.78, 5) is 12.3. The molecule has 0 saturated heterocycles. The minimum atomic E-state index is -0.653. The Bertz CT molecular complexity index is 731. The maximum Gasteiger partial charge on any atom is 0.258 e. The second-order valence-electron chi connectivity index (χ2n) is 4.82. The Balaban J connectivity index is 2.30. The van der Waals surface area contributed by atoms with E-state index in [1.165, 1.54) is 33.5 Å². The van der Waals surface area contributed by atoms with Crippen molar-refractivity contribution in [1.82, 2.24) is 0 Å². The third kappa shape index (κ3) is 3.53. The molecule has 0 aromatic heterocycles. The molecule has 5 nitrogen and oxygen atoms in total. The smallest absolute Gasteiger partial charge is 0.258 e. The lowest BCUT2D eigenvalue weighted by molar-refractivity contribution is 0.102. The Labute approximate surface area is 134 Å². The molecular formula is C17H18FNO4. The van der Waals surface area contributed by atoms with Crippen molar-refractivity contribution in [3.63, 3.8) is 0 Å². The van der Waals surface area contributed by atoms with Crippen LogP contribution < -0.4 is 19.5 Å². The average Bonchev–Trinajstić information content (AvgIpc) is 2.55. The normalized spacial score (nSPS) is 10.1. The Hall–Kier alpha value is -2.76. The number of hydrogen-bond acceptors (Lipinski definition) is 4. The number of ether oxygens (including phenoxy) is 3. The van der Waals surface area contributed by atoms with Crippen LogP contribution in [0.25, 0.3) is 0 Å². The summed E-state index contributed by atoms with van der Waals surface area (Å²) >= 11 is 0. The van der Waals surface area contributed by atoms with Gasteiger partial charge in [-0.25, -0.2) is 4.39 Å². The van der Waals surface area contributed by atoms with Crippen molar-refractivity contribution in [2.45, 2.75) is 6.92 Å². The van der Waals surface area contributed by atoms with Crippen molar-refractivity contribution in [3.8, 4) is 17.2 Å². The lowest BCUT2D eigenvalue weighted by atomic mass is 10.1. The molecule has 2 aromatic carbocycles. The van der Waals surface area contributed by atoms with Gasteiger partial charge in [-0.3, -0.25) is 4.79 Å². The van der Waals surface area contributed by atoms with Crippen molar-refractivity contribution >= 4 is 11.6 Å². The monoisotopic (exact) mass is 319 g/mol. The highest BCUT2D eigenvalue weighted by Crippen LogP contribution is 2.33. The van der Waals surface area contributed by atoms with Gasteiger partial charge in [-0.2, -0.15) is 0 Å². The largest absolute Gasteiger partial charge is 0.497 e. The van der Waals surface area contributed by atoms with Gasteiger partial charge in [-0.05, 0) is 30.7 Å². The molecule has 1 amide bonds. The van der Waals surface area contributed by atoms with Crippen LogP contribution in [0.4, 0.5) is 10.1 Å². The van der Waals surface area contributed by atoms with E-state index in [1.54, 1.807) is 12.1 Å². The van der Waals surface area contributed by atoms with Gasteiger partial charge in [0.1, 0.15) is 11.6 Å². The fourth-order valence-electron chi connectivity index (χ4n) is 2.11. The number of amides is 1. The second kappa shape index (κ2) is 7.00. The molecule has 0 heterocycles. The number of hydrogen-bond donors (Lipinski definition) is 1. The van der Waals surface area contributed by atoms with Crippen LogP contribution in [0.3, 0.4) is 0 Å². The molecule has 0 saturated carbocycles. The summed E-state index contributed by atoms with van der Waals surface area (Å²) in [6.45, 7) is 1.81. The van der Waals surface area contributed by atoms with Crippen LogP contribution in [0.5, 0.6) is 17.2 Å². The predicted molar refractivity (Wildman–Crippen MR) is 85.2 cm³/mol. The van der Waals surface area contributed by atoms with Crippen molar-refractivity contribution in [3.05, 3.63) is 47.3 Å². The number of nitrogens with one attached hydrogen (secondary N) is 1. The third-order valence-corrected chi connectivity index (χ3v) is 3.40. The van der Waals surface area contributed by atoms with Gasteiger partial charge >= 0.3 is 0 Å². The maximum absolute atomic E-state index is 14.0. The Morgan fingerprint density at radius 1 is 1.00 bits per heavy atom. The zero-order valence-electron chi connectivity index (χ0n) is 13.4. The molecule has 0 aliphatic carbocycles. The van der Waals surface area contributed by atoms with Gasteiger partial charge in [0.2, 0.25) is 0 Å². The van der Waals surface area contributed by atoms with Crippen LogP contribution in [0.2, 0.25) is 0 Å². The van der Waals surface area contributed by atoms with Crippen LogP contribution in [0.15, 0.2) is 30.3 Å². The first-order valence-electron chi connectivity index (χ1n) is 6.87. The summed E-state index contributed by atoms with van der Waals surface area (Å²) in [5, 5.41) is 2.68. The number of methoxy groups -OCH3 is 3. The van der Waals surface area contributed by atoms with E-state index >= 15 is 0 Å². The maximum atomic E-state index is 14.0. The van der Waals surface area contributed by atoms with E-state index in [-0.39, 0.29) is 5.56 Å². The zero-order chi connectivity index (χ0) is 17.0. The number of benzene rings is 2. The highest BCUT2D eigenvalue weighted by molar-refractivity contribution is 6.05. The summed E-state index contributed by atoms with van der Waals surface area (Å²) in [5.74, 6) is 0.170. The molecule has 0 fully saturated rings. The number of anilines is 1. The Morgan fingerprint density at radius 3 is 2.22 bits per heavy atom. The van der Waals surface area contributed by atoms with Crippen molar-refractivity contribution in [2.75, 3.05) is 26.6 Å². The molecule has 0 aliphatic heterocycles. The lowest BCUT2D eigenvalue weighted by Gasteiger charge is -2.14. The molecular weight excluding hydrogens is 301 g/mol. The molecule has 122 valence electrons. The number of halogens is 1. The molecule has 6 heteroatoms. The highest BCUT2D eigenvalue weighted by atomic mass is 19.1. The first-order chi connectivity index (χ1) is 11.0. The Kier molecular flexibility index (Phi) is 5.05. The van der Waals surface area contributed by atoms with Crippen molar-refractivity contribution in [1.29, 1.82) is 0 Å². The summed E-state index contributed by atoms with van der Waals surface area (Å²) in [6.07, 6.45) is 0. The average molecular weight is 319 g/mol. The fourth-order valence-corrected chi connectivity index (χ4v) is 2.11. The van der Waals surface area contributed by atoms with Crippen LogP contribution >= 0.6 is 0 Å². The van der Waals surface area contributed by atoms with E-state index in [2.05, 4.69) is 5.32 Å². The van der Waals surface area contributed by atoms with Crippen LogP contribution in [0.1, 0.15) is 15.9 Å². The second-order valence-corrected chi connectivity index (χ2v) is 4.82. The van der Waals surface area contributed by atoms with E-state index in [0.29, 0.717) is 22.9 Å². The predicted octanol–water partition coefficient (Wildman–Crippen LogP) is 3.41. The van der Waals surface area contributed by atoms with Gasteiger partial charge in [-0.15, -0.1) is 0 Å². The molecule has 2 aromatic rings. The molecule has 0 atom stereocenters. The van der Waals surface area contributed by atoms with Gasteiger partial charge < -0.3 is 19.5 Å². The van der Waals surface area contributed by atoms with E-state index in [1.807, 2.05) is 6.92 Å². The van der Waals surface area contributed by atoms with Crippen LogP contribution in [-0.4, -0.2) is 27.2 Å². The van der Waals surface area contributed by atoms with E-state index in [9.17, 15) is 9.18 Å². The summed E-state index contributed by atoms with van der Waals surface area (Å²) in [5.41, 5.74) is 1.22. The summed E-state index contributed by atoms with van der Waals surface area (Å²) in [6, 6.07) is 7.43. The first-order valence-corrected chi connectivity index (χ1v) is 6.87. The van der Waals surface area contributed by atoms with Crippen LogP contribution in [-0.2, 0) is 0 Å². The fraction of sp³-hybridized carbons (Fsp3) is 0.235. The molecule has 23 heavy (non-hydrogen) atoms. The number of carbonyl (C=O) groups excluding carboxylic acids is 1. The van der Waals surface area contributed by atoms with E-state index < -0.39 is 11.7 Å². The number of rotatable bonds is 5. The van der Waals surface area contributed by atoms with Gasteiger partial charge in [0.25, 0.3) is 5.91 Å². The number of aryl methyl sites for hydroxylation is 1. The topological polar surface area (TPSA) is 56.8 Å². The molecule has 0 spiro atoms. The van der Waals surface area contributed by atoms with Crippen molar-refractivity contribution < 1.29 is 23.4 Å². The quantitative estimate of drug-likeness (QED) is 0.917. The molecule has 0 radical (unpaired) electrons. The van der Waals surface area contributed by atoms with E-state index in [4.69, 9.17) is 14.2 Å². The summed E-state index contributed by atoms with van der Waals surface area (Å²) in [7, 11) is 4.46. The standard InChI is InChI=1S/C17H18FNO4/c1-10-7-15(22-3)16(23-4)9-14(10)19-17(20)12-6-5-11(21-2)8-13(12)18/h5-9H,1-4H3,(H,19,20).